The molecule has 2 atom stereocenters. The first-order chi connectivity index (χ1) is 9.61. The van der Waals surface area contributed by atoms with Gasteiger partial charge in [-0.05, 0) is 62.3 Å². The minimum Gasteiger partial charge on any atom is -0.314 e. The van der Waals surface area contributed by atoms with Crippen LogP contribution in [0.15, 0.2) is 10.7 Å². The second-order valence-electron chi connectivity index (χ2n) is 6.07. The van der Waals surface area contributed by atoms with Gasteiger partial charge in [0, 0.05) is 18.5 Å². The molecule has 5 heteroatoms. The standard InChI is InChI=1S/C15H27BrN4/c1-4-7-17-13-6-5-12(10-13)15-14(16)11-18-20(15)9-8-19(2)3/h11-13,17H,4-10H2,1-3H3. The quantitative estimate of drug-likeness (QED) is 0.826. The van der Waals surface area contributed by atoms with Crippen molar-refractivity contribution >= 4 is 15.9 Å². The minimum atomic E-state index is 0.642. The number of hydrogen-bond acceptors (Lipinski definition) is 3. The van der Waals surface area contributed by atoms with E-state index in [9.17, 15) is 0 Å². The van der Waals surface area contributed by atoms with Crippen molar-refractivity contribution in [2.45, 2.75) is 51.1 Å². The van der Waals surface area contributed by atoms with E-state index in [2.05, 4.69) is 56.9 Å². The van der Waals surface area contributed by atoms with Crippen LogP contribution in [0.2, 0.25) is 0 Å². The first kappa shape index (κ1) is 16.0. The Hall–Kier alpha value is -0.390. The number of nitrogens with one attached hydrogen (secondary N) is 1. The molecule has 1 aliphatic rings. The van der Waals surface area contributed by atoms with Gasteiger partial charge in [-0.25, -0.2) is 0 Å². The predicted octanol–water partition coefficient (Wildman–Crippen LogP) is 2.84. The molecule has 1 saturated carbocycles. The molecule has 1 aromatic rings. The lowest BCUT2D eigenvalue weighted by Gasteiger charge is -2.17. The van der Waals surface area contributed by atoms with Gasteiger partial charge in [-0.1, -0.05) is 6.92 Å². The normalized spacial score (nSPS) is 22.9. The van der Waals surface area contributed by atoms with Crippen LogP contribution in [-0.2, 0) is 6.54 Å². The fourth-order valence-corrected chi connectivity index (χ4v) is 3.63. The van der Waals surface area contributed by atoms with E-state index in [-0.39, 0.29) is 0 Å². The van der Waals surface area contributed by atoms with E-state index in [4.69, 9.17) is 0 Å². The zero-order valence-electron chi connectivity index (χ0n) is 12.9. The Morgan fingerprint density at radius 1 is 1.45 bits per heavy atom. The summed E-state index contributed by atoms with van der Waals surface area (Å²) < 4.78 is 3.37. The summed E-state index contributed by atoms with van der Waals surface area (Å²) in [6.07, 6.45) is 6.97. The summed E-state index contributed by atoms with van der Waals surface area (Å²) in [6.45, 7) is 5.37. The SMILES string of the molecule is CCCNC1CCC(c2c(Br)cnn2CCN(C)C)C1. The Balaban J connectivity index is 1.99. The molecule has 1 aromatic heterocycles. The molecule has 4 nitrogen and oxygen atoms in total. The van der Waals surface area contributed by atoms with Crippen LogP contribution in [0, 0.1) is 0 Å². The molecule has 0 saturated heterocycles. The van der Waals surface area contributed by atoms with Crippen LogP contribution in [0.4, 0.5) is 0 Å². The summed E-state index contributed by atoms with van der Waals surface area (Å²) in [5.74, 6) is 0.642. The lowest BCUT2D eigenvalue weighted by Crippen LogP contribution is -2.27. The van der Waals surface area contributed by atoms with Crippen molar-refractivity contribution in [3.05, 3.63) is 16.4 Å². The van der Waals surface area contributed by atoms with Crippen LogP contribution in [0.25, 0.3) is 0 Å². The molecule has 20 heavy (non-hydrogen) atoms. The maximum atomic E-state index is 4.54. The molecule has 1 N–H and O–H groups in total. The lowest BCUT2D eigenvalue weighted by atomic mass is 10.0. The van der Waals surface area contributed by atoms with Crippen LogP contribution in [-0.4, -0.2) is 47.9 Å². The van der Waals surface area contributed by atoms with Crippen molar-refractivity contribution in [2.75, 3.05) is 27.2 Å². The largest absolute Gasteiger partial charge is 0.314 e. The lowest BCUT2D eigenvalue weighted by molar-refractivity contribution is 0.365. The van der Waals surface area contributed by atoms with Gasteiger partial charge in [0.15, 0.2) is 0 Å². The van der Waals surface area contributed by atoms with E-state index in [1.807, 2.05) is 6.20 Å². The fourth-order valence-electron chi connectivity index (χ4n) is 3.01. The average molecular weight is 343 g/mol. The Morgan fingerprint density at radius 3 is 2.95 bits per heavy atom. The van der Waals surface area contributed by atoms with Gasteiger partial charge < -0.3 is 10.2 Å². The summed E-state index contributed by atoms with van der Waals surface area (Å²) >= 11 is 3.69. The highest BCUT2D eigenvalue weighted by atomic mass is 79.9. The van der Waals surface area contributed by atoms with Crippen LogP contribution >= 0.6 is 15.9 Å². The second kappa shape index (κ2) is 7.57. The maximum Gasteiger partial charge on any atom is 0.0635 e. The molecule has 0 aromatic carbocycles. The third-order valence-electron chi connectivity index (χ3n) is 4.09. The Bertz CT molecular complexity index is 416. The zero-order valence-corrected chi connectivity index (χ0v) is 14.5. The van der Waals surface area contributed by atoms with Crippen LogP contribution in [0.3, 0.4) is 0 Å². The van der Waals surface area contributed by atoms with E-state index >= 15 is 0 Å². The molecule has 0 amide bonds. The first-order valence-corrected chi connectivity index (χ1v) is 8.50. The summed E-state index contributed by atoms with van der Waals surface area (Å²) in [5.41, 5.74) is 1.40. The van der Waals surface area contributed by atoms with Crippen LogP contribution in [0.1, 0.15) is 44.2 Å². The summed E-state index contributed by atoms with van der Waals surface area (Å²) in [7, 11) is 4.22. The van der Waals surface area contributed by atoms with Crippen molar-refractivity contribution in [1.82, 2.24) is 20.0 Å². The van der Waals surface area contributed by atoms with Gasteiger partial charge in [0.25, 0.3) is 0 Å². The predicted molar refractivity (Wildman–Crippen MR) is 87.2 cm³/mol. The average Bonchev–Trinajstić information content (AvgIpc) is 3.00. The van der Waals surface area contributed by atoms with Crippen molar-refractivity contribution in [3.8, 4) is 0 Å². The molecule has 0 spiro atoms. The topological polar surface area (TPSA) is 33.1 Å². The summed E-state index contributed by atoms with van der Waals surface area (Å²) in [5, 5.41) is 8.20. The molecule has 0 bridgehead atoms. The fraction of sp³-hybridized carbons (Fsp3) is 0.800. The van der Waals surface area contributed by atoms with E-state index in [0.29, 0.717) is 12.0 Å². The zero-order chi connectivity index (χ0) is 14.5. The second-order valence-corrected chi connectivity index (χ2v) is 6.92. The molecular weight excluding hydrogens is 316 g/mol. The Labute approximate surface area is 131 Å². The van der Waals surface area contributed by atoms with Gasteiger partial charge in [-0.3, -0.25) is 4.68 Å². The van der Waals surface area contributed by atoms with Crippen molar-refractivity contribution in [1.29, 1.82) is 0 Å². The van der Waals surface area contributed by atoms with Gasteiger partial charge in [0.2, 0.25) is 0 Å². The Morgan fingerprint density at radius 2 is 2.25 bits per heavy atom. The highest BCUT2D eigenvalue weighted by Gasteiger charge is 2.29. The molecule has 1 heterocycles. The van der Waals surface area contributed by atoms with E-state index in [0.717, 1.165) is 19.6 Å². The number of likely N-dealkylation sites (N-methyl/N-ethyl adjacent to an activating group) is 1. The highest BCUT2D eigenvalue weighted by molar-refractivity contribution is 9.10. The third-order valence-corrected chi connectivity index (χ3v) is 4.71. The molecule has 1 fully saturated rings. The maximum absolute atomic E-state index is 4.54. The molecule has 0 radical (unpaired) electrons. The van der Waals surface area contributed by atoms with Gasteiger partial charge in [-0.15, -0.1) is 0 Å². The minimum absolute atomic E-state index is 0.642. The van der Waals surface area contributed by atoms with Gasteiger partial charge in [-0.2, -0.15) is 5.10 Å². The van der Waals surface area contributed by atoms with E-state index < -0.39 is 0 Å². The molecule has 2 rings (SSSR count). The molecule has 1 aliphatic carbocycles. The van der Waals surface area contributed by atoms with E-state index in [1.165, 1.54) is 35.8 Å². The van der Waals surface area contributed by atoms with Gasteiger partial charge in [0.1, 0.15) is 0 Å². The summed E-state index contributed by atoms with van der Waals surface area (Å²) in [6, 6.07) is 0.684. The highest BCUT2D eigenvalue weighted by Crippen LogP contribution is 2.37. The number of halogens is 1. The number of aromatic nitrogens is 2. The number of hydrogen-bond donors (Lipinski definition) is 1. The number of nitrogens with zero attached hydrogens (tertiary/aromatic N) is 3. The summed E-state index contributed by atoms with van der Waals surface area (Å²) in [4.78, 5) is 2.21. The monoisotopic (exact) mass is 342 g/mol. The third kappa shape index (κ3) is 4.06. The van der Waals surface area contributed by atoms with Crippen LogP contribution in [0.5, 0.6) is 0 Å². The van der Waals surface area contributed by atoms with Crippen LogP contribution < -0.4 is 5.32 Å². The van der Waals surface area contributed by atoms with Gasteiger partial charge in [0.05, 0.1) is 22.9 Å². The van der Waals surface area contributed by atoms with Crippen molar-refractivity contribution in [2.24, 2.45) is 0 Å². The molecular formula is C15H27BrN4. The van der Waals surface area contributed by atoms with Crippen molar-refractivity contribution in [3.63, 3.8) is 0 Å². The van der Waals surface area contributed by atoms with Crippen molar-refractivity contribution < 1.29 is 0 Å². The number of rotatable bonds is 7. The molecule has 114 valence electrons. The molecule has 0 aliphatic heterocycles. The Kier molecular flexibility index (Phi) is 6.05. The molecule has 2 unspecified atom stereocenters. The van der Waals surface area contributed by atoms with E-state index in [1.54, 1.807) is 0 Å². The van der Waals surface area contributed by atoms with Gasteiger partial charge >= 0.3 is 0 Å². The first-order valence-electron chi connectivity index (χ1n) is 7.71. The smallest absolute Gasteiger partial charge is 0.0635 e.